The fourth-order valence-electron chi connectivity index (χ4n) is 2.60. The van der Waals surface area contributed by atoms with Gasteiger partial charge in [0.2, 0.25) is 11.8 Å². The van der Waals surface area contributed by atoms with Crippen LogP contribution in [0.2, 0.25) is 0 Å². The van der Waals surface area contributed by atoms with Gasteiger partial charge in [-0.2, -0.15) is 4.39 Å². The predicted molar refractivity (Wildman–Crippen MR) is 82.5 cm³/mol. The summed E-state index contributed by atoms with van der Waals surface area (Å²) >= 11 is 0. The standard InChI is InChI=1S/C16H19FN4O/c1-22-16-7-2-4-13(18-16)12-20-8-10-21(11-9-20)15-6-3-5-14(17)19-15/h2-7H,8-12H2,1H3. The van der Waals surface area contributed by atoms with E-state index in [0.29, 0.717) is 11.7 Å². The van der Waals surface area contributed by atoms with E-state index in [4.69, 9.17) is 4.74 Å². The molecular formula is C16H19FN4O. The molecule has 1 fully saturated rings. The molecule has 0 saturated carbocycles. The molecule has 0 unspecified atom stereocenters. The molecule has 2 aromatic heterocycles. The predicted octanol–water partition coefficient (Wildman–Crippen LogP) is 1.95. The molecule has 0 bridgehead atoms. The van der Waals surface area contributed by atoms with Gasteiger partial charge >= 0.3 is 0 Å². The highest BCUT2D eigenvalue weighted by Gasteiger charge is 2.18. The number of hydrogen-bond donors (Lipinski definition) is 0. The summed E-state index contributed by atoms with van der Waals surface area (Å²) < 4.78 is 18.3. The molecule has 0 spiro atoms. The van der Waals surface area contributed by atoms with Crippen LogP contribution in [0.25, 0.3) is 0 Å². The Morgan fingerprint density at radius 1 is 1.05 bits per heavy atom. The fourth-order valence-corrected chi connectivity index (χ4v) is 2.60. The highest BCUT2D eigenvalue weighted by Crippen LogP contribution is 2.15. The van der Waals surface area contributed by atoms with Crippen LogP contribution in [-0.2, 0) is 6.54 Å². The number of pyridine rings is 2. The Morgan fingerprint density at radius 3 is 2.55 bits per heavy atom. The summed E-state index contributed by atoms with van der Waals surface area (Å²) in [4.78, 5) is 12.8. The summed E-state index contributed by atoms with van der Waals surface area (Å²) in [6.45, 7) is 4.26. The molecule has 0 aliphatic carbocycles. The average Bonchev–Trinajstić information content (AvgIpc) is 2.56. The molecule has 6 heteroatoms. The first-order valence-electron chi connectivity index (χ1n) is 7.34. The van der Waals surface area contributed by atoms with E-state index in [1.165, 1.54) is 6.07 Å². The zero-order valence-corrected chi connectivity index (χ0v) is 12.6. The van der Waals surface area contributed by atoms with Crippen LogP contribution in [0, 0.1) is 5.95 Å². The van der Waals surface area contributed by atoms with Crippen LogP contribution >= 0.6 is 0 Å². The molecule has 0 radical (unpaired) electrons. The second-order valence-electron chi connectivity index (χ2n) is 5.25. The van der Waals surface area contributed by atoms with Gasteiger partial charge in [0.05, 0.1) is 12.8 Å². The van der Waals surface area contributed by atoms with Gasteiger partial charge in [0.25, 0.3) is 0 Å². The van der Waals surface area contributed by atoms with Crippen molar-refractivity contribution in [3.05, 3.63) is 48.0 Å². The van der Waals surface area contributed by atoms with Gasteiger partial charge in [0.15, 0.2) is 0 Å². The van der Waals surface area contributed by atoms with Crippen molar-refractivity contribution in [1.29, 1.82) is 0 Å². The van der Waals surface area contributed by atoms with Gasteiger partial charge in [-0.1, -0.05) is 12.1 Å². The van der Waals surface area contributed by atoms with Gasteiger partial charge in [-0.3, -0.25) is 4.90 Å². The highest BCUT2D eigenvalue weighted by molar-refractivity contribution is 5.38. The van der Waals surface area contributed by atoms with Crippen LogP contribution in [0.15, 0.2) is 36.4 Å². The van der Waals surface area contributed by atoms with Crippen LogP contribution in [0.1, 0.15) is 5.69 Å². The summed E-state index contributed by atoms with van der Waals surface area (Å²) in [5, 5.41) is 0. The maximum atomic E-state index is 13.2. The third kappa shape index (κ3) is 3.51. The third-order valence-corrected chi connectivity index (χ3v) is 3.77. The van der Waals surface area contributed by atoms with Crippen LogP contribution in [0.3, 0.4) is 0 Å². The molecule has 3 rings (SSSR count). The molecule has 2 aromatic rings. The van der Waals surface area contributed by atoms with Gasteiger partial charge in [-0.25, -0.2) is 9.97 Å². The number of halogens is 1. The molecular weight excluding hydrogens is 283 g/mol. The Bertz CT molecular complexity index is 629. The topological polar surface area (TPSA) is 41.5 Å². The number of nitrogens with zero attached hydrogens (tertiary/aromatic N) is 4. The average molecular weight is 302 g/mol. The van der Waals surface area contributed by atoms with Crippen LogP contribution in [0.5, 0.6) is 5.88 Å². The van der Waals surface area contributed by atoms with Gasteiger partial charge in [0.1, 0.15) is 5.82 Å². The minimum Gasteiger partial charge on any atom is -0.481 e. The molecule has 22 heavy (non-hydrogen) atoms. The van der Waals surface area contributed by atoms with Gasteiger partial charge < -0.3 is 9.64 Å². The molecule has 0 aromatic carbocycles. The highest BCUT2D eigenvalue weighted by atomic mass is 19.1. The third-order valence-electron chi connectivity index (χ3n) is 3.77. The van der Waals surface area contributed by atoms with Crippen LogP contribution in [0.4, 0.5) is 10.2 Å². The fraction of sp³-hybridized carbons (Fsp3) is 0.375. The van der Waals surface area contributed by atoms with Gasteiger partial charge in [0, 0.05) is 38.8 Å². The Morgan fingerprint density at radius 2 is 1.82 bits per heavy atom. The summed E-state index contributed by atoms with van der Waals surface area (Å²) in [6.07, 6.45) is 0. The van der Waals surface area contributed by atoms with E-state index >= 15 is 0 Å². The smallest absolute Gasteiger partial charge is 0.214 e. The second kappa shape index (κ2) is 6.70. The molecule has 5 nitrogen and oxygen atoms in total. The summed E-state index contributed by atoms with van der Waals surface area (Å²) in [5.41, 5.74) is 0.997. The monoisotopic (exact) mass is 302 g/mol. The zero-order chi connectivity index (χ0) is 15.4. The number of methoxy groups -OCH3 is 1. The Hall–Kier alpha value is -2.21. The molecule has 1 saturated heterocycles. The molecule has 1 aliphatic rings. The maximum absolute atomic E-state index is 13.2. The van der Waals surface area contributed by atoms with E-state index in [1.54, 1.807) is 13.2 Å². The molecule has 116 valence electrons. The summed E-state index contributed by atoms with van der Waals surface area (Å²) in [6, 6.07) is 10.7. The van der Waals surface area contributed by atoms with Crippen molar-refractivity contribution >= 4 is 5.82 Å². The van der Waals surface area contributed by atoms with Crippen molar-refractivity contribution in [3.63, 3.8) is 0 Å². The van der Waals surface area contributed by atoms with E-state index in [0.717, 1.165) is 38.4 Å². The molecule has 1 aliphatic heterocycles. The normalized spacial score (nSPS) is 15.8. The first-order valence-corrected chi connectivity index (χ1v) is 7.34. The lowest BCUT2D eigenvalue weighted by Crippen LogP contribution is -2.46. The lowest BCUT2D eigenvalue weighted by atomic mass is 10.2. The zero-order valence-electron chi connectivity index (χ0n) is 12.6. The lowest BCUT2D eigenvalue weighted by molar-refractivity contribution is 0.245. The number of rotatable bonds is 4. The first-order chi connectivity index (χ1) is 10.7. The molecule has 0 atom stereocenters. The molecule has 3 heterocycles. The van der Waals surface area contributed by atoms with Crippen molar-refractivity contribution in [3.8, 4) is 5.88 Å². The number of ether oxygens (including phenoxy) is 1. The number of aromatic nitrogens is 2. The first kappa shape index (κ1) is 14.7. The number of piperazine rings is 1. The van der Waals surface area contributed by atoms with Gasteiger partial charge in [-0.15, -0.1) is 0 Å². The SMILES string of the molecule is COc1cccc(CN2CCN(c3cccc(F)n3)CC2)n1. The van der Waals surface area contributed by atoms with Crippen LogP contribution in [-0.4, -0.2) is 48.2 Å². The van der Waals surface area contributed by atoms with Crippen molar-refractivity contribution in [2.45, 2.75) is 6.54 Å². The summed E-state index contributed by atoms with van der Waals surface area (Å²) in [5.74, 6) is 0.916. The minimum absolute atomic E-state index is 0.430. The van der Waals surface area contributed by atoms with Crippen molar-refractivity contribution in [1.82, 2.24) is 14.9 Å². The largest absolute Gasteiger partial charge is 0.481 e. The Labute approximate surface area is 129 Å². The van der Waals surface area contributed by atoms with E-state index in [9.17, 15) is 4.39 Å². The van der Waals surface area contributed by atoms with E-state index in [-0.39, 0.29) is 0 Å². The van der Waals surface area contributed by atoms with E-state index in [2.05, 4.69) is 19.8 Å². The summed E-state index contributed by atoms with van der Waals surface area (Å²) in [7, 11) is 1.62. The van der Waals surface area contributed by atoms with Gasteiger partial charge in [-0.05, 0) is 18.2 Å². The number of anilines is 1. The maximum Gasteiger partial charge on any atom is 0.214 e. The van der Waals surface area contributed by atoms with Crippen molar-refractivity contribution in [2.24, 2.45) is 0 Å². The van der Waals surface area contributed by atoms with E-state index < -0.39 is 5.95 Å². The van der Waals surface area contributed by atoms with E-state index in [1.807, 2.05) is 24.3 Å². The minimum atomic E-state index is -0.430. The van der Waals surface area contributed by atoms with Crippen LogP contribution < -0.4 is 9.64 Å². The lowest BCUT2D eigenvalue weighted by Gasteiger charge is -2.35. The molecule has 0 N–H and O–H groups in total. The van der Waals surface area contributed by atoms with Crippen molar-refractivity contribution < 1.29 is 9.13 Å². The Kier molecular flexibility index (Phi) is 4.48. The Balaban J connectivity index is 1.57. The number of hydrogen-bond acceptors (Lipinski definition) is 5. The molecule has 0 amide bonds. The quantitative estimate of drug-likeness (QED) is 0.808. The van der Waals surface area contributed by atoms with Crippen molar-refractivity contribution in [2.75, 3.05) is 38.2 Å². The second-order valence-corrected chi connectivity index (χ2v) is 5.25.